The largest absolute Gasteiger partial charge is 0.359 e. The van der Waals surface area contributed by atoms with Crippen LogP contribution < -0.4 is 10.6 Å². The summed E-state index contributed by atoms with van der Waals surface area (Å²) in [5, 5.41) is 5.96. The summed E-state index contributed by atoms with van der Waals surface area (Å²) < 4.78 is 20.1. The number of halogens is 2. The monoisotopic (exact) mass is 574 g/mol. The van der Waals surface area contributed by atoms with E-state index in [-0.39, 0.29) is 22.9 Å². The molecule has 3 aliphatic heterocycles. The molecule has 0 aromatic heterocycles. The average molecular weight is 575 g/mol. The Morgan fingerprint density at radius 2 is 1.95 bits per heavy atom. The van der Waals surface area contributed by atoms with Crippen LogP contribution in [0.3, 0.4) is 0 Å². The molecule has 2 bridgehead atoms. The van der Waals surface area contributed by atoms with Gasteiger partial charge >= 0.3 is 0 Å². The molecule has 0 unspecified atom stereocenters. The van der Waals surface area contributed by atoms with Crippen LogP contribution in [0.4, 0.5) is 10.1 Å². The predicted octanol–water partition coefficient (Wildman–Crippen LogP) is 3.85. The van der Waals surface area contributed by atoms with Crippen molar-refractivity contribution in [1.82, 2.24) is 15.1 Å². The number of carbonyl (C=O) groups is 3. The van der Waals surface area contributed by atoms with Gasteiger partial charge in [0.15, 0.2) is 0 Å². The highest BCUT2D eigenvalue weighted by atomic mass is 35.5. The van der Waals surface area contributed by atoms with Gasteiger partial charge < -0.3 is 25.2 Å². The smallest absolute Gasteiger partial charge is 0.246 e. The highest BCUT2D eigenvalue weighted by molar-refractivity contribution is 6.31. The third-order valence-electron chi connectivity index (χ3n) is 9.70. The Labute approximate surface area is 240 Å². The number of hydrogen-bond acceptors (Lipinski definition) is 5. The maximum atomic E-state index is 14.1. The van der Waals surface area contributed by atoms with Crippen LogP contribution in [-0.4, -0.2) is 77.5 Å². The van der Waals surface area contributed by atoms with E-state index in [4.69, 9.17) is 16.3 Å². The first-order valence-electron chi connectivity index (χ1n) is 14.6. The van der Waals surface area contributed by atoms with Gasteiger partial charge in [-0.2, -0.15) is 0 Å². The highest BCUT2D eigenvalue weighted by Crippen LogP contribution is 2.55. The second-order valence-corrected chi connectivity index (χ2v) is 12.2. The normalized spacial score (nSPS) is 34.4. The van der Waals surface area contributed by atoms with Crippen molar-refractivity contribution in [2.45, 2.75) is 70.7 Å². The summed E-state index contributed by atoms with van der Waals surface area (Å²) in [7, 11) is 0. The lowest BCUT2D eigenvalue weighted by atomic mass is 9.73. The van der Waals surface area contributed by atoms with Gasteiger partial charge in [-0.1, -0.05) is 64.3 Å². The van der Waals surface area contributed by atoms with Crippen molar-refractivity contribution in [2.24, 2.45) is 23.7 Å². The molecule has 8 atom stereocenters. The number of rotatable bonds is 9. The predicted molar refractivity (Wildman–Crippen MR) is 151 cm³/mol. The summed E-state index contributed by atoms with van der Waals surface area (Å²) in [6.07, 6.45) is 6.07. The number of fused-ring (bicyclic) bond motifs is 1. The molecule has 2 N–H and O–H groups in total. The Kier molecular flexibility index (Phi) is 8.28. The molecule has 3 fully saturated rings. The number of likely N-dealkylation sites (N-methyl/N-ethyl adjacent to an activating group) is 1. The lowest BCUT2D eigenvalue weighted by Crippen LogP contribution is -2.58. The minimum atomic E-state index is -1.22. The maximum Gasteiger partial charge on any atom is 0.246 e. The number of benzene rings is 1. The van der Waals surface area contributed by atoms with Gasteiger partial charge in [0.1, 0.15) is 17.5 Å². The Morgan fingerprint density at radius 3 is 2.65 bits per heavy atom. The quantitative estimate of drug-likeness (QED) is 0.437. The zero-order valence-corrected chi connectivity index (χ0v) is 24.4. The Balaban J connectivity index is 1.43. The second-order valence-electron chi connectivity index (χ2n) is 11.8. The molecular weight excluding hydrogens is 535 g/mol. The molecule has 40 heavy (non-hydrogen) atoms. The standard InChI is InChI=1S/C30H40ClFN4O4/c1-5-35(6-2)14-15-36-26(28(38)34-22-9-7-8-17(3)18(22)4)30-13-12-23(40-30)24(25(30)29(36)39)27(37)33-19-10-11-21(32)20(31)16-19/h10-13,16-18,22-26H,5-9,14-15H2,1-4H3,(H,33,37)(H,34,38)/t17-,18+,22-,23+,24-,25+,26+,30+/m1/s1. The first kappa shape index (κ1) is 29.0. The fourth-order valence-corrected chi connectivity index (χ4v) is 7.32. The highest BCUT2D eigenvalue weighted by Gasteiger charge is 2.72. The van der Waals surface area contributed by atoms with E-state index in [9.17, 15) is 18.8 Å². The summed E-state index contributed by atoms with van der Waals surface area (Å²) in [4.78, 5) is 45.6. The molecule has 5 rings (SSSR count). The van der Waals surface area contributed by atoms with Crippen molar-refractivity contribution in [3.8, 4) is 0 Å². The second kappa shape index (κ2) is 11.4. The van der Waals surface area contributed by atoms with Crippen molar-refractivity contribution in [3.05, 3.63) is 41.2 Å². The number of nitrogens with zero attached hydrogens (tertiary/aromatic N) is 2. The summed E-state index contributed by atoms with van der Waals surface area (Å²) >= 11 is 5.92. The minimum Gasteiger partial charge on any atom is -0.359 e. The van der Waals surface area contributed by atoms with Crippen LogP contribution in [-0.2, 0) is 19.1 Å². The van der Waals surface area contributed by atoms with E-state index in [0.29, 0.717) is 30.6 Å². The summed E-state index contributed by atoms with van der Waals surface area (Å²) in [5.74, 6) is -2.33. The van der Waals surface area contributed by atoms with Crippen LogP contribution in [0.15, 0.2) is 30.4 Å². The van der Waals surface area contributed by atoms with Crippen molar-refractivity contribution in [2.75, 3.05) is 31.5 Å². The molecule has 1 spiro atoms. The molecule has 1 saturated carbocycles. The van der Waals surface area contributed by atoms with Gasteiger partial charge in [-0.25, -0.2) is 4.39 Å². The molecule has 8 nitrogen and oxygen atoms in total. The van der Waals surface area contributed by atoms with Crippen molar-refractivity contribution >= 4 is 35.0 Å². The average Bonchev–Trinajstić information content (AvgIpc) is 3.57. The van der Waals surface area contributed by atoms with Crippen molar-refractivity contribution < 1.29 is 23.5 Å². The lowest BCUT2D eigenvalue weighted by Gasteiger charge is -2.38. The fraction of sp³-hybridized carbons (Fsp3) is 0.633. The van der Waals surface area contributed by atoms with Crippen molar-refractivity contribution in [1.29, 1.82) is 0 Å². The molecule has 1 aromatic rings. The van der Waals surface area contributed by atoms with E-state index in [1.54, 1.807) is 11.0 Å². The van der Waals surface area contributed by atoms with Crippen molar-refractivity contribution in [3.63, 3.8) is 0 Å². The molecule has 1 aromatic carbocycles. The molecule has 4 aliphatic rings. The van der Waals surface area contributed by atoms with Gasteiger partial charge in [-0.3, -0.25) is 14.4 Å². The van der Waals surface area contributed by atoms with Gasteiger partial charge in [-0.05, 0) is 49.5 Å². The van der Waals surface area contributed by atoms with Gasteiger partial charge in [0.25, 0.3) is 0 Å². The van der Waals surface area contributed by atoms with Crippen LogP contribution in [0.5, 0.6) is 0 Å². The fourth-order valence-electron chi connectivity index (χ4n) is 7.14. The van der Waals surface area contributed by atoms with Crippen LogP contribution in [0.25, 0.3) is 0 Å². The maximum absolute atomic E-state index is 14.1. The molecule has 218 valence electrons. The third kappa shape index (κ3) is 4.94. The number of carbonyl (C=O) groups excluding carboxylic acids is 3. The van der Waals surface area contributed by atoms with Gasteiger partial charge in [-0.15, -0.1) is 0 Å². The molecule has 3 heterocycles. The number of amides is 3. The van der Waals surface area contributed by atoms with Crippen LogP contribution in [0.2, 0.25) is 5.02 Å². The van der Waals surface area contributed by atoms with E-state index in [2.05, 4.69) is 43.2 Å². The summed E-state index contributed by atoms with van der Waals surface area (Å²) in [6, 6.07) is 3.10. The first-order valence-corrected chi connectivity index (χ1v) is 14.9. The molecule has 2 saturated heterocycles. The van der Waals surface area contributed by atoms with E-state index in [1.165, 1.54) is 18.2 Å². The first-order chi connectivity index (χ1) is 19.1. The third-order valence-corrected chi connectivity index (χ3v) is 9.99. The molecule has 10 heteroatoms. The molecule has 1 aliphatic carbocycles. The van der Waals surface area contributed by atoms with Gasteiger partial charge in [0, 0.05) is 24.8 Å². The zero-order chi connectivity index (χ0) is 28.8. The number of hydrogen-bond donors (Lipinski definition) is 2. The number of nitrogens with one attached hydrogen (secondary N) is 2. The van der Waals surface area contributed by atoms with E-state index in [1.807, 2.05) is 6.08 Å². The summed E-state index contributed by atoms with van der Waals surface area (Å²) in [5.41, 5.74) is -0.892. The molecular formula is C30H40ClFN4O4. The van der Waals surface area contributed by atoms with E-state index >= 15 is 0 Å². The zero-order valence-electron chi connectivity index (χ0n) is 23.7. The Morgan fingerprint density at radius 1 is 1.20 bits per heavy atom. The summed E-state index contributed by atoms with van der Waals surface area (Å²) in [6.45, 7) is 11.1. The Hall–Kier alpha value is -2.49. The molecule has 3 amide bonds. The lowest BCUT2D eigenvalue weighted by molar-refractivity contribution is -0.141. The molecule has 0 radical (unpaired) electrons. The van der Waals surface area contributed by atoms with Crippen LogP contribution in [0.1, 0.15) is 47.0 Å². The Bertz CT molecular complexity index is 1190. The van der Waals surface area contributed by atoms with E-state index in [0.717, 1.165) is 32.4 Å². The number of anilines is 1. The number of ether oxygens (including phenoxy) is 1. The van der Waals surface area contributed by atoms with Crippen LogP contribution in [0, 0.1) is 29.5 Å². The van der Waals surface area contributed by atoms with E-state index < -0.39 is 41.3 Å². The minimum absolute atomic E-state index is 0.0244. The van der Waals surface area contributed by atoms with Gasteiger partial charge in [0.2, 0.25) is 17.7 Å². The topological polar surface area (TPSA) is 91.0 Å². The number of likely N-dealkylation sites (tertiary alicyclic amines) is 1. The van der Waals surface area contributed by atoms with Gasteiger partial charge in [0.05, 0.1) is 23.0 Å². The van der Waals surface area contributed by atoms with Crippen LogP contribution >= 0.6 is 11.6 Å². The SMILES string of the molecule is CCN(CC)CCN1C(=O)[C@@H]2[C@H](C(=O)Nc3ccc(F)c(Cl)c3)[C@@H]3C=C[C@@]2(O3)[C@@H]1C(=O)N[C@@H]1CCC[C@@H](C)[C@@H]1C.